The van der Waals surface area contributed by atoms with Gasteiger partial charge in [-0.05, 0) is 64.5 Å². The summed E-state index contributed by atoms with van der Waals surface area (Å²) in [7, 11) is 0. The fraction of sp³-hybridized carbons (Fsp3) is 0. The minimum absolute atomic E-state index is 0.0903. The Balaban J connectivity index is 1.33. The normalized spacial score (nSPS) is 16.2. The molecule has 4 nitrogen and oxygen atoms in total. The van der Waals surface area contributed by atoms with Crippen LogP contribution in [0, 0.1) is 0 Å². The van der Waals surface area contributed by atoms with Gasteiger partial charge in [0.1, 0.15) is 22.5 Å². The highest BCUT2D eigenvalue weighted by atomic mass is 16.5. The van der Waals surface area contributed by atoms with Crippen molar-refractivity contribution in [3.8, 4) is 22.6 Å². The maximum Gasteiger partial charge on any atom is 0.261 e. The Morgan fingerprint density at radius 2 is 1.21 bits per heavy atom. The molecule has 218 valence electrons. The lowest BCUT2D eigenvalue weighted by atomic mass is 9.34. The summed E-state index contributed by atoms with van der Waals surface area (Å²) in [5.41, 5.74) is 5.06. The summed E-state index contributed by atoms with van der Waals surface area (Å²) in [5, 5.41) is 3.35. The van der Waals surface area contributed by atoms with Crippen LogP contribution in [0.3, 0.4) is 0 Å². The smallest absolute Gasteiger partial charge is 0.261 e. The molecule has 2 aliphatic rings. The molecule has 0 fully saturated rings. The standard InChI is InChI=1S/C42H24BNO3/c1-3-13-25(14-4-1)26-23-32-38-35(24-26)47-42-39(43(38)30-19-9-10-20-31(30)44(32)27-15-5-2-6-16-27)40-36(28-17-7-11-21-33(28)45-40)37-29-18-8-12-22-34(29)46-41(37)42/h1-24H/i1D,2D,3D,4D,5D,6D,13D,14D,15D,16D. The van der Waals surface area contributed by atoms with E-state index in [1.165, 1.54) is 0 Å². The number of benzene rings is 7. The highest BCUT2D eigenvalue weighted by molar-refractivity contribution is 7.00. The third-order valence-corrected chi connectivity index (χ3v) is 9.27. The minimum Gasteiger partial charge on any atom is -0.456 e. The van der Waals surface area contributed by atoms with Gasteiger partial charge in [0.2, 0.25) is 0 Å². The van der Waals surface area contributed by atoms with Crippen LogP contribution in [0.25, 0.3) is 55.0 Å². The molecule has 2 aliphatic heterocycles. The van der Waals surface area contributed by atoms with Gasteiger partial charge in [-0.15, -0.1) is 0 Å². The van der Waals surface area contributed by atoms with Gasteiger partial charge in [-0.3, -0.25) is 0 Å². The van der Waals surface area contributed by atoms with Crippen LogP contribution < -0.4 is 26.0 Å². The van der Waals surface area contributed by atoms with Gasteiger partial charge in [-0.1, -0.05) is 103 Å². The van der Waals surface area contributed by atoms with Crippen molar-refractivity contribution >= 4 is 84.0 Å². The van der Waals surface area contributed by atoms with Crippen molar-refractivity contribution in [3.63, 3.8) is 0 Å². The van der Waals surface area contributed by atoms with Gasteiger partial charge in [0.25, 0.3) is 6.71 Å². The Kier molecular flexibility index (Phi) is 3.42. The summed E-state index contributed by atoms with van der Waals surface area (Å²) in [6.07, 6.45) is 0. The molecule has 0 bridgehead atoms. The molecule has 0 saturated carbocycles. The molecule has 0 unspecified atom stereocenters. The van der Waals surface area contributed by atoms with Gasteiger partial charge < -0.3 is 18.5 Å². The second-order valence-electron chi connectivity index (χ2n) is 11.7. The Morgan fingerprint density at radius 1 is 0.574 bits per heavy atom. The van der Waals surface area contributed by atoms with Crippen LogP contribution in [-0.4, -0.2) is 6.71 Å². The molecule has 9 aromatic rings. The predicted molar refractivity (Wildman–Crippen MR) is 192 cm³/mol. The molecular formula is C42H24BNO3. The lowest BCUT2D eigenvalue weighted by Gasteiger charge is -2.40. The van der Waals surface area contributed by atoms with E-state index in [2.05, 4.69) is 0 Å². The average Bonchev–Trinajstić information content (AvgIpc) is 3.80. The average molecular weight is 612 g/mol. The van der Waals surface area contributed by atoms with E-state index in [0.29, 0.717) is 50.4 Å². The highest BCUT2D eigenvalue weighted by Crippen LogP contribution is 2.48. The summed E-state index contributed by atoms with van der Waals surface area (Å²) < 4.78 is 107. The molecule has 11 rings (SSSR count). The summed E-state index contributed by atoms with van der Waals surface area (Å²) in [6.45, 7) is -0.634. The van der Waals surface area contributed by atoms with Crippen LogP contribution in [0.5, 0.6) is 11.5 Å². The van der Waals surface area contributed by atoms with Crippen LogP contribution >= 0.6 is 0 Å². The molecule has 0 amide bonds. The fourth-order valence-corrected chi connectivity index (χ4v) is 7.46. The Hall–Kier alpha value is -6.20. The fourth-order valence-electron chi connectivity index (χ4n) is 7.46. The zero-order valence-corrected chi connectivity index (χ0v) is 24.3. The number of nitrogens with zero attached hydrogens (tertiary/aromatic N) is 1. The Labute approximate surface area is 284 Å². The van der Waals surface area contributed by atoms with E-state index in [4.69, 9.17) is 27.3 Å². The topological polar surface area (TPSA) is 38.8 Å². The number of fused-ring (bicyclic) bond motifs is 13. The SMILES string of the molecule is [2H]c1c([2H])c([2H])c(-c2cc3c4c(c2)N(c2c([2H])c([2H])c([2H])c([2H])c2[2H])c2ccccc2B4c2c(c4oc5ccccc5c4c4c2oc2ccccc24)O3)c([2H])c1[2H]. The van der Waals surface area contributed by atoms with Crippen LogP contribution in [0.4, 0.5) is 17.1 Å². The van der Waals surface area contributed by atoms with E-state index in [9.17, 15) is 0 Å². The Bertz CT molecular complexity index is 3270. The van der Waals surface area contributed by atoms with Crippen LogP contribution in [-0.2, 0) is 0 Å². The lowest BCUT2D eigenvalue weighted by molar-refractivity contribution is 0.481. The molecule has 4 heterocycles. The predicted octanol–water partition coefficient (Wildman–Crippen LogP) is 9.56. The van der Waals surface area contributed by atoms with Crippen molar-refractivity contribution in [2.24, 2.45) is 0 Å². The second kappa shape index (κ2) is 9.18. The summed E-state index contributed by atoms with van der Waals surface area (Å²) in [5.74, 6) is 0.636. The van der Waals surface area contributed by atoms with Gasteiger partial charge in [0, 0.05) is 44.1 Å². The summed E-state index contributed by atoms with van der Waals surface area (Å²) in [6, 6.07) is 21.1. The molecule has 0 saturated heterocycles. The van der Waals surface area contributed by atoms with Crippen LogP contribution in [0.1, 0.15) is 13.7 Å². The van der Waals surface area contributed by atoms with Crippen molar-refractivity contribution < 1.29 is 27.3 Å². The van der Waals surface area contributed by atoms with Crippen LogP contribution in [0.2, 0.25) is 0 Å². The van der Waals surface area contributed by atoms with E-state index in [1.807, 2.05) is 60.7 Å². The van der Waals surface area contributed by atoms with Crippen molar-refractivity contribution in [1.29, 1.82) is 0 Å². The quantitative estimate of drug-likeness (QED) is 0.183. The number of furan rings is 2. The van der Waals surface area contributed by atoms with E-state index in [1.54, 1.807) is 29.2 Å². The van der Waals surface area contributed by atoms with Crippen molar-refractivity contribution in [1.82, 2.24) is 0 Å². The minimum atomic E-state index is -0.634. The van der Waals surface area contributed by atoms with Crippen LogP contribution in [0.15, 0.2) is 154 Å². The first kappa shape index (κ1) is 17.5. The van der Waals surface area contributed by atoms with Crippen molar-refractivity contribution in [2.45, 2.75) is 0 Å². The van der Waals surface area contributed by atoms with E-state index in [-0.39, 0.29) is 22.6 Å². The monoisotopic (exact) mass is 611 g/mol. The molecule has 7 aromatic carbocycles. The van der Waals surface area contributed by atoms with E-state index >= 15 is 0 Å². The Morgan fingerprint density at radius 3 is 1.98 bits per heavy atom. The summed E-state index contributed by atoms with van der Waals surface area (Å²) >= 11 is 0. The van der Waals surface area contributed by atoms with Gasteiger partial charge >= 0.3 is 0 Å². The lowest BCUT2D eigenvalue weighted by Crippen LogP contribution is -2.59. The number of hydrogen-bond donors (Lipinski definition) is 0. The molecular weight excluding hydrogens is 577 g/mol. The maximum absolute atomic E-state index is 9.11. The molecule has 0 radical (unpaired) electrons. The van der Waals surface area contributed by atoms with E-state index in [0.717, 1.165) is 27.0 Å². The molecule has 0 aliphatic carbocycles. The summed E-state index contributed by atoms with van der Waals surface area (Å²) in [4.78, 5) is 1.59. The third-order valence-electron chi connectivity index (χ3n) is 9.27. The van der Waals surface area contributed by atoms with Crippen molar-refractivity contribution in [2.75, 3.05) is 4.90 Å². The molecule has 0 spiro atoms. The first-order chi connectivity index (χ1) is 27.5. The third kappa shape index (κ3) is 3.32. The first-order valence-corrected chi connectivity index (χ1v) is 15.1. The molecule has 0 N–H and O–H groups in total. The molecule has 5 heteroatoms. The zero-order valence-electron chi connectivity index (χ0n) is 34.3. The van der Waals surface area contributed by atoms with Gasteiger partial charge in [-0.2, -0.15) is 0 Å². The number of hydrogen-bond acceptors (Lipinski definition) is 4. The molecule has 47 heavy (non-hydrogen) atoms. The number of rotatable bonds is 2. The second-order valence-corrected chi connectivity index (χ2v) is 11.7. The largest absolute Gasteiger partial charge is 0.456 e. The number of para-hydroxylation sites is 4. The number of anilines is 3. The van der Waals surface area contributed by atoms with E-state index < -0.39 is 67.1 Å². The highest BCUT2D eigenvalue weighted by Gasteiger charge is 2.45. The van der Waals surface area contributed by atoms with Gasteiger partial charge in [0.15, 0.2) is 11.3 Å². The van der Waals surface area contributed by atoms with Crippen molar-refractivity contribution in [3.05, 3.63) is 145 Å². The molecule has 0 atom stereocenters. The zero-order chi connectivity index (χ0) is 39.3. The maximum atomic E-state index is 9.11. The van der Waals surface area contributed by atoms with Gasteiger partial charge in [0.05, 0.1) is 13.7 Å². The first-order valence-electron chi connectivity index (χ1n) is 20.1. The molecule has 2 aromatic heterocycles. The van der Waals surface area contributed by atoms with Gasteiger partial charge in [-0.25, -0.2) is 0 Å². The number of ether oxygens (including phenoxy) is 1.